The van der Waals surface area contributed by atoms with Gasteiger partial charge in [-0.3, -0.25) is 0 Å². The monoisotopic (exact) mass is 520 g/mol. The predicted octanol–water partition coefficient (Wildman–Crippen LogP) is 6.66. The molecule has 5 heteroatoms. The molecule has 0 radical (unpaired) electrons. The summed E-state index contributed by atoms with van der Waals surface area (Å²) >= 11 is 0. The summed E-state index contributed by atoms with van der Waals surface area (Å²) in [5.74, 6) is 0.667. The first-order valence-corrected chi connectivity index (χ1v) is 12.5. The van der Waals surface area contributed by atoms with Crippen LogP contribution in [0.1, 0.15) is 5.56 Å². The van der Waals surface area contributed by atoms with Crippen molar-refractivity contribution in [2.24, 2.45) is 0 Å². The van der Waals surface area contributed by atoms with E-state index in [1.807, 2.05) is 42.5 Å². The van der Waals surface area contributed by atoms with E-state index in [4.69, 9.17) is 11.3 Å². The Labute approximate surface area is 206 Å². The molecule has 0 bridgehead atoms. The first kappa shape index (κ1) is 24.6. The van der Waals surface area contributed by atoms with Gasteiger partial charge in [0.15, 0.2) is 5.69 Å². The number of alkyl halides is 1. The number of halogens is 2. The van der Waals surface area contributed by atoms with Crippen molar-refractivity contribution in [2.45, 2.75) is 6.16 Å². The Kier molecular flexibility index (Phi) is 8.78. The second kappa shape index (κ2) is 11.8. The van der Waals surface area contributed by atoms with E-state index in [1.54, 1.807) is 0 Å². The van der Waals surface area contributed by atoms with E-state index in [-0.39, 0.29) is 23.6 Å². The van der Waals surface area contributed by atoms with Gasteiger partial charge in [0.25, 0.3) is 0 Å². The first-order chi connectivity index (χ1) is 15.8. The van der Waals surface area contributed by atoms with E-state index in [2.05, 4.69) is 71.6 Å². The third-order valence-corrected chi connectivity index (χ3v) is 9.86. The third kappa shape index (κ3) is 5.50. The predicted molar refractivity (Wildman–Crippen MR) is 143 cm³/mol. The lowest BCUT2D eigenvalue weighted by molar-refractivity contribution is 0.273. The van der Waals surface area contributed by atoms with Crippen LogP contribution in [0.3, 0.4) is 0 Å². The van der Waals surface area contributed by atoms with Gasteiger partial charge in [-0.2, -0.15) is 0 Å². The zero-order valence-corrected chi connectivity index (χ0v) is 20.7. The van der Waals surface area contributed by atoms with Crippen LogP contribution in [0.5, 0.6) is 5.75 Å². The Hall–Kier alpha value is -2.99. The van der Waals surface area contributed by atoms with Gasteiger partial charge in [0.05, 0.1) is 12.7 Å². The van der Waals surface area contributed by atoms with Crippen LogP contribution in [-0.2, 0) is 6.16 Å². The number of ether oxygens (including phenoxy) is 1. The highest BCUT2D eigenvalue weighted by atomic mass is 79.9. The van der Waals surface area contributed by atoms with Crippen molar-refractivity contribution < 1.29 is 9.13 Å². The van der Waals surface area contributed by atoms with E-state index in [0.29, 0.717) is 11.4 Å². The molecule has 0 saturated heterocycles. The fourth-order valence-electron chi connectivity index (χ4n) is 4.04. The molecule has 33 heavy (non-hydrogen) atoms. The summed E-state index contributed by atoms with van der Waals surface area (Å²) in [6, 6.07) is 37.2. The molecule has 0 aliphatic carbocycles. The van der Waals surface area contributed by atoms with Crippen LogP contribution < -0.4 is 20.7 Å². The lowest BCUT2D eigenvalue weighted by atomic mass is 10.2. The molecular formula is C28H25BrFNOP+. The number of hydrogen-bond acceptors (Lipinski definition) is 1. The Bertz CT molecular complexity index is 1150. The molecule has 0 spiro atoms. The summed E-state index contributed by atoms with van der Waals surface area (Å²) in [4.78, 5) is 3.63. The highest BCUT2D eigenvalue weighted by Crippen LogP contribution is 2.58. The fourth-order valence-corrected chi connectivity index (χ4v) is 8.24. The molecule has 0 heterocycles. The van der Waals surface area contributed by atoms with Crippen LogP contribution in [0, 0.1) is 6.57 Å². The maximum absolute atomic E-state index is 12.6. The van der Waals surface area contributed by atoms with Gasteiger partial charge in [-0.1, -0.05) is 54.6 Å². The van der Waals surface area contributed by atoms with Crippen LogP contribution in [-0.4, -0.2) is 13.3 Å². The largest absolute Gasteiger partial charge is 0.491 e. The van der Waals surface area contributed by atoms with Crippen molar-refractivity contribution in [2.75, 3.05) is 13.3 Å². The summed E-state index contributed by atoms with van der Waals surface area (Å²) in [7, 11) is -2.08. The minimum Gasteiger partial charge on any atom is -0.491 e. The third-order valence-electron chi connectivity index (χ3n) is 5.48. The second-order valence-electron chi connectivity index (χ2n) is 7.45. The molecule has 0 fully saturated rings. The molecular weight excluding hydrogens is 496 g/mol. The van der Waals surface area contributed by atoms with Gasteiger partial charge in [0.1, 0.15) is 42.2 Å². The molecule has 4 aromatic rings. The van der Waals surface area contributed by atoms with E-state index in [9.17, 15) is 4.39 Å². The molecule has 4 aromatic carbocycles. The molecule has 0 aliphatic heterocycles. The van der Waals surface area contributed by atoms with E-state index >= 15 is 0 Å². The minimum absolute atomic E-state index is 0. The molecule has 0 N–H and O–H groups in total. The number of hydrogen-bond donors (Lipinski definition) is 0. The van der Waals surface area contributed by atoms with Crippen molar-refractivity contribution in [1.29, 1.82) is 0 Å². The van der Waals surface area contributed by atoms with E-state index in [1.165, 1.54) is 15.9 Å². The lowest BCUT2D eigenvalue weighted by Crippen LogP contribution is -2.32. The molecule has 0 saturated carbocycles. The number of nitrogens with zero attached hydrogens (tertiary/aromatic N) is 1. The standard InChI is InChI=1S/C28H24FNOP.BrH/c1-30-24-10-8-9-23(21-24)22-32(26-11-4-2-5-12-26,27-13-6-3-7-14-27)28-17-15-25(16-18-28)31-20-19-29;/h2-18,21H,19-20,22H2;1H/q+1;. The smallest absolute Gasteiger partial charge is 0.187 e. The summed E-state index contributed by atoms with van der Waals surface area (Å²) in [5, 5.41) is 3.77. The van der Waals surface area contributed by atoms with Gasteiger partial charge < -0.3 is 4.74 Å². The first-order valence-electron chi connectivity index (χ1n) is 10.5. The molecule has 0 aromatic heterocycles. The Balaban J connectivity index is 0.00000306. The van der Waals surface area contributed by atoms with Crippen LogP contribution in [0.25, 0.3) is 4.85 Å². The van der Waals surface area contributed by atoms with Crippen LogP contribution >= 0.6 is 24.2 Å². The van der Waals surface area contributed by atoms with Crippen molar-refractivity contribution in [3.8, 4) is 5.75 Å². The molecule has 2 nitrogen and oxygen atoms in total. The van der Waals surface area contributed by atoms with Gasteiger partial charge in [-0.25, -0.2) is 9.24 Å². The Morgan fingerprint density at radius 3 is 1.85 bits per heavy atom. The molecule has 0 aliphatic rings. The highest BCUT2D eigenvalue weighted by molar-refractivity contribution is 8.93. The normalized spacial score (nSPS) is 10.7. The Morgan fingerprint density at radius 1 is 0.727 bits per heavy atom. The molecule has 166 valence electrons. The topological polar surface area (TPSA) is 13.6 Å². The number of benzene rings is 4. The fraction of sp³-hybridized carbons (Fsp3) is 0.107. The van der Waals surface area contributed by atoms with Gasteiger partial charge in [-0.15, -0.1) is 17.0 Å². The van der Waals surface area contributed by atoms with Gasteiger partial charge >= 0.3 is 0 Å². The van der Waals surface area contributed by atoms with Crippen molar-refractivity contribution in [3.63, 3.8) is 0 Å². The molecule has 0 unspecified atom stereocenters. The number of rotatable bonds is 8. The van der Waals surface area contributed by atoms with Crippen LogP contribution in [0.15, 0.2) is 109 Å². The summed E-state index contributed by atoms with van der Waals surface area (Å²) in [6.45, 7) is 6.98. The average Bonchev–Trinajstić information content (AvgIpc) is 2.87. The zero-order chi connectivity index (χ0) is 22.2. The summed E-state index contributed by atoms with van der Waals surface area (Å²) < 4.78 is 18.0. The molecule has 0 atom stereocenters. The average molecular weight is 521 g/mol. The quantitative estimate of drug-likeness (QED) is 0.187. The van der Waals surface area contributed by atoms with Gasteiger partial charge in [0.2, 0.25) is 0 Å². The maximum atomic E-state index is 12.6. The van der Waals surface area contributed by atoms with Crippen molar-refractivity contribution >= 4 is 45.8 Å². The van der Waals surface area contributed by atoms with Crippen LogP contribution in [0.2, 0.25) is 0 Å². The summed E-state index contributed by atoms with van der Waals surface area (Å²) in [6.07, 6.45) is 0.801. The molecule has 0 amide bonds. The maximum Gasteiger partial charge on any atom is 0.187 e. The van der Waals surface area contributed by atoms with Crippen molar-refractivity contribution in [3.05, 3.63) is 126 Å². The van der Waals surface area contributed by atoms with Gasteiger partial charge in [0, 0.05) is 0 Å². The lowest BCUT2D eigenvalue weighted by Gasteiger charge is -2.28. The van der Waals surface area contributed by atoms with Crippen molar-refractivity contribution in [1.82, 2.24) is 0 Å². The van der Waals surface area contributed by atoms with Gasteiger partial charge in [-0.05, 0) is 60.2 Å². The molecule has 4 rings (SSSR count). The second-order valence-corrected chi connectivity index (χ2v) is 10.9. The van der Waals surface area contributed by atoms with Crippen LogP contribution in [0.4, 0.5) is 10.1 Å². The zero-order valence-electron chi connectivity index (χ0n) is 18.1. The summed E-state index contributed by atoms with van der Waals surface area (Å²) in [5.41, 5.74) is 1.79. The SMILES string of the molecule is Br.[C-]#[N+]c1cccc(C[P+](c2ccccc2)(c2ccccc2)c2ccc(OCCF)cc2)c1. The Morgan fingerprint density at radius 2 is 1.30 bits per heavy atom. The van der Waals surface area contributed by atoms with E-state index < -0.39 is 13.9 Å². The minimum atomic E-state index is -2.08. The highest BCUT2D eigenvalue weighted by Gasteiger charge is 2.45. The van der Waals surface area contributed by atoms with E-state index in [0.717, 1.165) is 11.7 Å².